The van der Waals surface area contributed by atoms with Crippen LogP contribution in [0.3, 0.4) is 0 Å². The molecule has 2 rings (SSSR count). The monoisotopic (exact) mass is 276 g/mol. The van der Waals surface area contributed by atoms with Gasteiger partial charge in [0, 0.05) is 18.7 Å². The summed E-state index contributed by atoms with van der Waals surface area (Å²) in [5, 5.41) is 3.07. The molecule has 1 aromatic carbocycles. The first kappa shape index (κ1) is 14.9. The number of para-hydroxylation sites is 1. The van der Waals surface area contributed by atoms with Crippen LogP contribution in [0.1, 0.15) is 24.8 Å². The van der Waals surface area contributed by atoms with Crippen LogP contribution in [0.25, 0.3) is 0 Å². The summed E-state index contributed by atoms with van der Waals surface area (Å²) in [5.74, 6) is 0.949. The van der Waals surface area contributed by atoms with E-state index in [1.54, 1.807) is 7.11 Å². The summed E-state index contributed by atoms with van der Waals surface area (Å²) in [4.78, 5) is 14.7. The smallest absolute Gasteiger partial charge is 0.230 e. The zero-order chi connectivity index (χ0) is 14.6. The second kappa shape index (κ2) is 6.27. The number of carbonyl (C=O) groups excluding carboxylic acids is 1. The minimum atomic E-state index is -0.390. The molecule has 1 saturated carbocycles. The normalized spacial score (nSPS) is 16.6. The van der Waals surface area contributed by atoms with Crippen molar-refractivity contribution in [2.45, 2.75) is 24.7 Å². The topological polar surface area (TPSA) is 41.6 Å². The Morgan fingerprint density at radius 1 is 1.35 bits per heavy atom. The number of hydrogen-bond donors (Lipinski definition) is 1. The van der Waals surface area contributed by atoms with Gasteiger partial charge in [-0.25, -0.2) is 0 Å². The fourth-order valence-electron chi connectivity index (χ4n) is 2.75. The van der Waals surface area contributed by atoms with E-state index in [1.807, 2.05) is 38.4 Å². The number of carbonyl (C=O) groups is 1. The summed E-state index contributed by atoms with van der Waals surface area (Å²) in [6.07, 6.45) is 2.90. The molecule has 0 spiro atoms. The van der Waals surface area contributed by atoms with E-state index < -0.39 is 0 Å². The van der Waals surface area contributed by atoms with Gasteiger partial charge in [0.05, 0.1) is 12.5 Å². The fraction of sp³-hybridized carbons (Fsp3) is 0.562. The molecule has 20 heavy (non-hydrogen) atoms. The van der Waals surface area contributed by atoms with Crippen molar-refractivity contribution >= 4 is 5.91 Å². The molecule has 0 aromatic heterocycles. The van der Waals surface area contributed by atoms with Gasteiger partial charge in [-0.15, -0.1) is 0 Å². The molecular formula is C16H24N2O2. The van der Waals surface area contributed by atoms with Crippen LogP contribution in [0.15, 0.2) is 24.3 Å². The number of methoxy groups -OCH3 is 1. The maximum Gasteiger partial charge on any atom is 0.230 e. The van der Waals surface area contributed by atoms with E-state index in [0.717, 1.165) is 37.1 Å². The van der Waals surface area contributed by atoms with Gasteiger partial charge in [-0.3, -0.25) is 4.79 Å². The quantitative estimate of drug-likeness (QED) is 0.861. The van der Waals surface area contributed by atoms with Crippen molar-refractivity contribution in [2.75, 3.05) is 34.3 Å². The van der Waals surface area contributed by atoms with Crippen LogP contribution in [0, 0.1) is 0 Å². The molecule has 4 nitrogen and oxygen atoms in total. The molecule has 0 bridgehead atoms. The van der Waals surface area contributed by atoms with Gasteiger partial charge < -0.3 is 15.0 Å². The molecular weight excluding hydrogens is 252 g/mol. The van der Waals surface area contributed by atoms with E-state index in [2.05, 4.69) is 10.2 Å². The Balaban J connectivity index is 2.14. The molecule has 0 aliphatic heterocycles. The summed E-state index contributed by atoms with van der Waals surface area (Å²) in [6, 6.07) is 7.87. The minimum Gasteiger partial charge on any atom is -0.496 e. The van der Waals surface area contributed by atoms with Crippen LogP contribution < -0.4 is 10.1 Å². The van der Waals surface area contributed by atoms with Crippen molar-refractivity contribution in [2.24, 2.45) is 0 Å². The van der Waals surface area contributed by atoms with Gasteiger partial charge in [0.15, 0.2) is 0 Å². The van der Waals surface area contributed by atoms with E-state index in [9.17, 15) is 4.79 Å². The second-order valence-electron chi connectivity index (χ2n) is 5.70. The molecule has 0 radical (unpaired) electrons. The van der Waals surface area contributed by atoms with Crippen LogP contribution in [0.4, 0.5) is 0 Å². The Morgan fingerprint density at radius 2 is 2.05 bits per heavy atom. The summed E-state index contributed by atoms with van der Waals surface area (Å²) < 4.78 is 5.43. The molecule has 110 valence electrons. The Labute approximate surface area is 121 Å². The number of likely N-dealkylation sites (N-methyl/N-ethyl adjacent to an activating group) is 1. The van der Waals surface area contributed by atoms with Gasteiger partial charge >= 0.3 is 0 Å². The summed E-state index contributed by atoms with van der Waals surface area (Å²) in [6.45, 7) is 1.54. The third-order valence-electron chi connectivity index (χ3n) is 4.11. The molecule has 1 fully saturated rings. The lowest BCUT2D eigenvalue weighted by atomic mass is 9.63. The number of rotatable bonds is 6. The van der Waals surface area contributed by atoms with Crippen molar-refractivity contribution in [1.29, 1.82) is 0 Å². The van der Waals surface area contributed by atoms with Crippen LogP contribution in [0.5, 0.6) is 5.75 Å². The number of nitrogens with zero attached hydrogens (tertiary/aromatic N) is 1. The van der Waals surface area contributed by atoms with Crippen molar-refractivity contribution in [3.63, 3.8) is 0 Å². The number of nitrogens with one attached hydrogen (secondary N) is 1. The lowest BCUT2D eigenvalue weighted by Gasteiger charge is -2.41. The summed E-state index contributed by atoms with van der Waals surface area (Å²) >= 11 is 0. The molecule has 1 aliphatic carbocycles. The molecule has 0 saturated heterocycles. The first-order chi connectivity index (χ1) is 9.60. The predicted molar refractivity (Wildman–Crippen MR) is 80.1 cm³/mol. The molecule has 0 heterocycles. The van der Waals surface area contributed by atoms with Crippen molar-refractivity contribution in [3.05, 3.63) is 29.8 Å². The van der Waals surface area contributed by atoms with Gasteiger partial charge in [-0.1, -0.05) is 24.6 Å². The summed E-state index contributed by atoms with van der Waals surface area (Å²) in [7, 11) is 5.67. The number of benzene rings is 1. The van der Waals surface area contributed by atoms with Crippen molar-refractivity contribution in [1.82, 2.24) is 10.2 Å². The lowest BCUT2D eigenvalue weighted by molar-refractivity contribution is -0.130. The van der Waals surface area contributed by atoms with Crippen molar-refractivity contribution < 1.29 is 9.53 Å². The van der Waals surface area contributed by atoms with Crippen LogP contribution in [-0.2, 0) is 10.2 Å². The highest BCUT2D eigenvalue weighted by molar-refractivity contribution is 5.90. The van der Waals surface area contributed by atoms with Crippen LogP contribution in [0.2, 0.25) is 0 Å². The van der Waals surface area contributed by atoms with Gasteiger partial charge in [-0.05, 0) is 33.0 Å². The zero-order valence-corrected chi connectivity index (χ0v) is 12.6. The molecule has 1 N–H and O–H groups in total. The first-order valence-corrected chi connectivity index (χ1v) is 7.17. The third kappa shape index (κ3) is 2.80. The highest BCUT2D eigenvalue weighted by Gasteiger charge is 2.47. The van der Waals surface area contributed by atoms with E-state index in [-0.39, 0.29) is 11.3 Å². The SMILES string of the molecule is COc1ccccc1C1(C(=O)NCCN(C)C)CCC1. The Morgan fingerprint density at radius 3 is 2.60 bits per heavy atom. The van der Waals surface area contributed by atoms with E-state index in [4.69, 9.17) is 4.74 Å². The largest absolute Gasteiger partial charge is 0.496 e. The van der Waals surface area contributed by atoms with E-state index >= 15 is 0 Å². The first-order valence-electron chi connectivity index (χ1n) is 7.17. The van der Waals surface area contributed by atoms with Gasteiger partial charge in [0.25, 0.3) is 0 Å². The Kier molecular flexibility index (Phi) is 4.65. The van der Waals surface area contributed by atoms with Gasteiger partial charge in [0.1, 0.15) is 5.75 Å². The standard InChI is InChI=1S/C16H24N2O2/c1-18(2)12-11-17-15(19)16(9-6-10-16)13-7-4-5-8-14(13)20-3/h4-5,7-8H,6,9-12H2,1-3H3,(H,17,19). The minimum absolute atomic E-state index is 0.134. The number of ether oxygens (including phenoxy) is 1. The van der Waals surface area contributed by atoms with Gasteiger partial charge in [0.2, 0.25) is 5.91 Å². The third-order valence-corrected chi connectivity index (χ3v) is 4.11. The highest BCUT2D eigenvalue weighted by atomic mass is 16.5. The lowest BCUT2D eigenvalue weighted by Crippen LogP contribution is -2.50. The maximum absolute atomic E-state index is 12.6. The van der Waals surface area contributed by atoms with Crippen LogP contribution in [-0.4, -0.2) is 45.1 Å². The molecule has 0 unspecified atom stereocenters. The number of amides is 1. The predicted octanol–water partition coefficient (Wildman–Crippen LogP) is 1.79. The van der Waals surface area contributed by atoms with E-state index in [0.29, 0.717) is 6.54 Å². The zero-order valence-electron chi connectivity index (χ0n) is 12.6. The van der Waals surface area contributed by atoms with Crippen molar-refractivity contribution in [3.8, 4) is 5.75 Å². The second-order valence-corrected chi connectivity index (χ2v) is 5.70. The highest BCUT2D eigenvalue weighted by Crippen LogP contribution is 2.47. The number of hydrogen-bond acceptors (Lipinski definition) is 3. The molecule has 1 aliphatic rings. The average molecular weight is 276 g/mol. The Hall–Kier alpha value is -1.55. The fourth-order valence-corrected chi connectivity index (χ4v) is 2.75. The van der Waals surface area contributed by atoms with Gasteiger partial charge in [-0.2, -0.15) is 0 Å². The molecule has 0 atom stereocenters. The Bertz CT molecular complexity index is 467. The average Bonchev–Trinajstić information content (AvgIpc) is 2.37. The molecule has 1 amide bonds. The summed E-state index contributed by atoms with van der Waals surface area (Å²) in [5.41, 5.74) is 0.634. The van der Waals surface area contributed by atoms with E-state index in [1.165, 1.54) is 0 Å². The van der Waals surface area contributed by atoms with Crippen LogP contribution >= 0.6 is 0 Å². The molecule has 1 aromatic rings. The molecule has 4 heteroatoms. The maximum atomic E-state index is 12.6.